The summed E-state index contributed by atoms with van der Waals surface area (Å²) < 4.78 is 56.9. The normalized spacial score (nSPS) is 15.1. The molecule has 11 heteroatoms. The Balaban J connectivity index is 2.39. The number of nitrogens with one attached hydrogen (secondary N) is 1. The van der Waals surface area contributed by atoms with Crippen molar-refractivity contribution in [3.8, 4) is 5.75 Å². The molecule has 1 aromatic rings. The fourth-order valence-corrected chi connectivity index (χ4v) is 2.64. The molecule has 24 heavy (non-hydrogen) atoms. The smallest absolute Gasteiger partial charge is 0.389 e. The van der Waals surface area contributed by atoms with E-state index in [1.807, 2.05) is 5.53 Å². The van der Waals surface area contributed by atoms with Crippen LogP contribution in [0.5, 0.6) is 5.75 Å². The highest BCUT2D eigenvalue weighted by molar-refractivity contribution is 6.31. The summed E-state index contributed by atoms with van der Waals surface area (Å²) in [5, 5.41) is 3.28. The molecular weight excluding hydrogens is 354 g/mol. The fourth-order valence-electron chi connectivity index (χ4n) is 2.45. The average Bonchev–Trinajstić information content (AvgIpc) is 2.48. The van der Waals surface area contributed by atoms with Crippen LogP contribution < -0.4 is 26.7 Å². The Bertz CT molecular complexity index is 638. The van der Waals surface area contributed by atoms with E-state index < -0.39 is 18.4 Å². The van der Waals surface area contributed by atoms with Crippen LogP contribution in [0.3, 0.4) is 0 Å². The maximum atomic E-state index is 14.4. The molecule has 0 bridgehead atoms. The molecule has 0 atom stereocenters. The third kappa shape index (κ3) is 4.12. The first-order valence-corrected chi connectivity index (χ1v) is 7.38. The Morgan fingerprint density at radius 3 is 2.79 bits per heavy atom. The lowest BCUT2D eigenvalue weighted by molar-refractivity contribution is -0.135. The number of halogens is 5. The van der Waals surface area contributed by atoms with Crippen LogP contribution in [0, 0.1) is 5.82 Å². The minimum atomic E-state index is -4.26. The Labute approximate surface area is 140 Å². The number of benzene rings is 1. The van der Waals surface area contributed by atoms with Crippen molar-refractivity contribution >= 4 is 23.1 Å². The molecule has 0 radical (unpaired) electrons. The molecule has 1 aliphatic rings. The zero-order chi connectivity index (χ0) is 17.9. The molecule has 0 unspecified atom stereocenters. The van der Waals surface area contributed by atoms with E-state index in [9.17, 15) is 17.6 Å². The van der Waals surface area contributed by atoms with Crippen molar-refractivity contribution in [3.63, 3.8) is 0 Å². The summed E-state index contributed by atoms with van der Waals surface area (Å²) in [4.78, 5) is 1.57. The Hall–Kier alpha value is -1.94. The summed E-state index contributed by atoms with van der Waals surface area (Å²) in [5.41, 5.74) is 7.69. The van der Waals surface area contributed by atoms with Crippen LogP contribution in [0.15, 0.2) is 11.2 Å². The number of hydrazine groups is 1. The lowest BCUT2D eigenvalue weighted by atomic mass is 10.1. The maximum Gasteiger partial charge on any atom is 0.389 e. The van der Waals surface area contributed by atoms with E-state index in [2.05, 4.69) is 5.10 Å². The van der Waals surface area contributed by atoms with Crippen LogP contribution in [0.1, 0.15) is 18.4 Å². The van der Waals surface area contributed by atoms with E-state index >= 15 is 0 Å². The van der Waals surface area contributed by atoms with Crippen LogP contribution in [-0.4, -0.2) is 31.7 Å². The van der Waals surface area contributed by atoms with Gasteiger partial charge in [-0.05, 0) is 6.42 Å². The molecule has 0 fully saturated rings. The second-order valence-corrected chi connectivity index (χ2v) is 5.48. The van der Waals surface area contributed by atoms with E-state index in [0.717, 1.165) is 0 Å². The summed E-state index contributed by atoms with van der Waals surface area (Å²) >= 11 is 5.82. The van der Waals surface area contributed by atoms with Crippen molar-refractivity contribution in [2.45, 2.75) is 19.0 Å². The van der Waals surface area contributed by atoms with Gasteiger partial charge >= 0.3 is 6.18 Å². The van der Waals surface area contributed by atoms with Gasteiger partial charge in [0.15, 0.2) is 11.7 Å². The number of hydrazone groups is 1. The monoisotopic (exact) mass is 369 g/mol. The number of nitrogens with two attached hydrogens (primary N) is 2. The molecule has 0 amide bonds. The molecular formula is C13H16ClF4N5O. The van der Waals surface area contributed by atoms with Gasteiger partial charge in [0, 0.05) is 19.0 Å². The summed E-state index contributed by atoms with van der Waals surface area (Å²) in [6.45, 7) is 0.558. The third-order valence-corrected chi connectivity index (χ3v) is 3.70. The van der Waals surface area contributed by atoms with E-state index in [1.54, 1.807) is 4.90 Å². The molecule has 0 aromatic heterocycles. The minimum absolute atomic E-state index is 0.0489. The highest BCUT2D eigenvalue weighted by Gasteiger charge is 2.30. The summed E-state index contributed by atoms with van der Waals surface area (Å²) in [7, 11) is 0. The molecule has 0 aliphatic carbocycles. The Morgan fingerprint density at radius 1 is 1.46 bits per heavy atom. The number of amidine groups is 1. The van der Waals surface area contributed by atoms with Crippen LogP contribution in [-0.2, 0) is 0 Å². The number of fused-ring (bicyclic) bond motifs is 1. The molecule has 5 N–H and O–H groups in total. The Morgan fingerprint density at radius 2 is 2.17 bits per heavy atom. The zero-order valence-electron chi connectivity index (χ0n) is 12.5. The van der Waals surface area contributed by atoms with Gasteiger partial charge in [-0.2, -0.15) is 13.2 Å². The first-order valence-electron chi connectivity index (χ1n) is 7.00. The molecule has 0 saturated heterocycles. The maximum absolute atomic E-state index is 14.4. The van der Waals surface area contributed by atoms with Crippen LogP contribution in [0.25, 0.3) is 0 Å². The van der Waals surface area contributed by atoms with Gasteiger partial charge in [0.05, 0.1) is 22.8 Å². The molecule has 1 aromatic carbocycles. The van der Waals surface area contributed by atoms with Crippen molar-refractivity contribution in [2.75, 3.05) is 24.6 Å². The fraction of sp³-hybridized carbons (Fsp3) is 0.462. The van der Waals surface area contributed by atoms with Crippen LogP contribution in [0.2, 0.25) is 5.02 Å². The van der Waals surface area contributed by atoms with Crippen molar-refractivity contribution in [3.05, 3.63) is 22.5 Å². The van der Waals surface area contributed by atoms with Crippen molar-refractivity contribution in [1.29, 1.82) is 0 Å². The predicted molar refractivity (Wildman–Crippen MR) is 82.5 cm³/mol. The Kier molecular flexibility index (Phi) is 5.60. The predicted octanol–water partition coefficient (Wildman–Crippen LogP) is 2.10. The number of ether oxygens (including phenoxy) is 1. The summed E-state index contributed by atoms with van der Waals surface area (Å²) in [6.07, 6.45) is -5.36. The number of hydrogen-bond donors (Lipinski definition) is 3. The number of hydrogen-bond acceptors (Lipinski definition) is 5. The van der Waals surface area contributed by atoms with Gasteiger partial charge < -0.3 is 15.4 Å². The van der Waals surface area contributed by atoms with Crippen LogP contribution in [0.4, 0.5) is 23.2 Å². The van der Waals surface area contributed by atoms with Crippen LogP contribution >= 0.6 is 11.6 Å². The lowest BCUT2D eigenvalue weighted by Gasteiger charge is -2.33. The molecule has 1 aliphatic heterocycles. The summed E-state index contributed by atoms with van der Waals surface area (Å²) in [5.74, 6) is 4.14. The molecule has 134 valence electrons. The van der Waals surface area contributed by atoms with Gasteiger partial charge in [0.25, 0.3) is 0 Å². The first-order chi connectivity index (χ1) is 11.2. The van der Waals surface area contributed by atoms with Gasteiger partial charge in [0.2, 0.25) is 0 Å². The first kappa shape index (κ1) is 18.4. The summed E-state index contributed by atoms with van der Waals surface area (Å²) in [6, 6.07) is 1.26. The molecule has 1 heterocycles. The SMILES string of the molecule is NN/N=C(\N)c1c(F)c(Cl)cc2c1N(CCCC(F)(F)F)CCO2. The zero-order valence-corrected chi connectivity index (χ0v) is 13.2. The highest BCUT2D eigenvalue weighted by atomic mass is 35.5. The number of anilines is 1. The topological polar surface area (TPSA) is 88.9 Å². The number of nitrogens with zero attached hydrogens (tertiary/aromatic N) is 2. The number of alkyl halides is 3. The van der Waals surface area contributed by atoms with E-state index in [0.29, 0.717) is 0 Å². The molecule has 0 spiro atoms. The quantitative estimate of drug-likeness (QED) is 0.243. The molecule has 6 nitrogen and oxygen atoms in total. The number of rotatable bonds is 5. The lowest BCUT2D eigenvalue weighted by Crippen LogP contribution is -2.37. The van der Waals surface area contributed by atoms with Crippen molar-refractivity contribution in [1.82, 2.24) is 5.53 Å². The third-order valence-electron chi connectivity index (χ3n) is 3.42. The van der Waals surface area contributed by atoms with Gasteiger partial charge in [-0.1, -0.05) is 11.6 Å². The van der Waals surface area contributed by atoms with E-state index in [-0.39, 0.29) is 54.0 Å². The van der Waals surface area contributed by atoms with E-state index in [1.165, 1.54) is 6.07 Å². The minimum Gasteiger partial charge on any atom is -0.489 e. The van der Waals surface area contributed by atoms with Gasteiger partial charge in [-0.25, -0.2) is 15.8 Å². The second-order valence-electron chi connectivity index (χ2n) is 5.07. The molecule has 0 saturated carbocycles. The standard InChI is InChI=1S/C13H16ClF4N5O/c14-7-6-8-11(9(10(7)15)12(19)21-22-20)23(4-5-24-8)3-1-2-13(16,17)18/h6,22H,1-5,20H2,(H2,19,21). The van der Waals surface area contributed by atoms with Gasteiger partial charge in [-0.3, -0.25) is 0 Å². The largest absolute Gasteiger partial charge is 0.489 e. The van der Waals surface area contributed by atoms with Crippen molar-refractivity contribution in [2.24, 2.45) is 16.7 Å². The average molecular weight is 370 g/mol. The van der Waals surface area contributed by atoms with Gasteiger partial charge in [-0.15, -0.1) is 5.10 Å². The van der Waals surface area contributed by atoms with Gasteiger partial charge in [0.1, 0.15) is 12.4 Å². The highest BCUT2D eigenvalue weighted by Crippen LogP contribution is 2.40. The second kappa shape index (κ2) is 7.31. The molecule has 2 rings (SSSR count). The van der Waals surface area contributed by atoms with E-state index in [4.69, 9.17) is 27.9 Å². The van der Waals surface area contributed by atoms with Crippen molar-refractivity contribution < 1.29 is 22.3 Å².